The fourth-order valence-corrected chi connectivity index (χ4v) is 3.13. The number of benzene rings is 2. The van der Waals surface area contributed by atoms with Crippen molar-refractivity contribution >= 4 is 22.5 Å². The molecule has 3 rings (SSSR count). The zero-order chi connectivity index (χ0) is 18.5. The van der Waals surface area contributed by atoms with Crippen LogP contribution in [0.3, 0.4) is 0 Å². The molecule has 2 aromatic carbocycles. The highest BCUT2D eigenvalue weighted by Gasteiger charge is 2.25. The second-order valence-corrected chi connectivity index (χ2v) is 6.87. The Morgan fingerprint density at radius 3 is 2.77 bits per heavy atom. The summed E-state index contributed by atoms with van der Waals surface area (Å²) in [5.41, 5.74) is 0.744. The molecule has 4 atom stereocenters. The zero-order valence-electron chi connectivity index (χ0n) is 15.1. The summed E-state index contributed by atoms with van der Waals surface area (Å²) in [7, 11) is 0. The van der Waals surface area contributed by atoms with E-state index in [1.165, 1.54) is 0 Å². The summed E-state index contributed by atoms with van der Waals surface area (Å²) < 4.78 is 0. The number of carbonyl (C=O) groups is 1. The van der Waals surface area contributed by atoms with Gasteiger partial charge in [-0.25, -0.2) is 4.79 Å². The minimum atomic E-state index is -0.412. The van der Waals surface area contributed by atoms with Gasteiger partial charge in [-0.15, -0.1) is 0 Å². The first kappa shape index (κ1) is 18.6. The Morgan fingerprint density at radius 1 is 1.23 bits per heavy atom. The van der Waals surface area contributed by atoms with Crippen LogP contribution in [-0.2, 0) is 0 Å². The molecule has 1 aliphatic rings. The van der Waals surface area contributed by atoms with E-state index in [0.717, 1.165) is 22.9 Å². The van der Waals surface area contributed by atoms with Gasteiger partial charge in [0.1, 0.15) is 6.29 Å². The zero-order valence-corrected chi connectivity index (χ0v) is 15.1. The minimum absolute atomic E-state index is 0.0202. The molecule has 1 fully saturated rings. The average Bonchev–Trinajstić information content (AvgIpc) is 2.59. The molecule has 1 heterocycles. The summed E-state index contributed by atoms with van der Waals surface area (Å²) in [5.74, 6) is 0. The van der Waals surface area contributed by atoms with Crippen LogP contribution in [-0.4, -0.2) is 42.3 Å². The predicted octanol–water partition coefficient (Wildman–Crippen LogP) is 1.51. The Hall–Kier alpha value is -2.19. The number of anilines is 1. The molecule has 2 aromatic rings. The SMILES string of the molecule is CC(O)CNC1CC(C)NC(NC(=O)Nc2ccc3ccccc3c2)N1. The van der Waals surface area contributed by atoms with Gasteiger partial charge in [-0.05, 0) is 43.2 Å². The molecular formula is C19H27N5O2. The van der Waals surface area contributed by atoms with Crippen molar-refractivity contribution in [1.29, 1.82) is 0 Å². The lowest BCUT2D eigenvalue weighted by molar-refractivity contribution is 0.155. The summed E-state index contributed by atoms with van der Waals surface area (Å²) in [6.45, 7) is 4.30. The van der Waals surface area contributed by atoms with Gasteiger partial charge in [-0.2, -0.15) is 0 Å². The van der Waals surface area contributed by atoms with Crippen LogP contribution in [0.15, 0.2) is 42.5 Å². The molecule has 1 aliphatic heterocycles. The lowest BCUT2D eigenvalue weighted by atomic mass is 10.1. The lowest BCUT2D eigenvalue weighted by Gasteiger charge is -2.37. The number of aliphatic hydroxyl groups is 1. The summed E-state index contributed by atoms with van der Waals surface area (Å²) in [6.07, 6.45) is 0.110. The van der Waals surface area contributed by atoms with E-state index in [-0.39, 0.29) is 24.5 Å². The highest BCUT2D eigenvalue weighted by Crippen LogP contribution is 2.18. The molecule has 140 valence electrons. The van der Waals surface area contributed by atoms with Crippen LogP contribution in [0.5, 0.6) is 0 Å². The van der Waals surface area contributed by atoms with Crippen molar-refractivity contribution in [1.82, 2.24) is 21.3 Å². The van der Waals surface area contributed by atoms with E-state index in [2.05, 4.69) is 33.5 Å². The Morgan fingerprint density at radius 2 is 2.00 bits per heavy atom. The molecule has 7 nitrogen and oxygen atoms in total. The first-order valence-electron chi connectivity index (χ1n) is 8.99. The van der Waals surface area contributed by atoms with E-state index in [1.807, 2.05) is 42.5 Å². The van der Waals surface area contributed by atoms with E-state index in [4.69, 9.17) is 0 Å². The van der Waals surface area contributed by atoms with Gasteiger partial charge in [-0.3, -0.25) is 16.0 Å². The van der Waals surface area contributed by atoms with Crippen LogP contribution in [0, 0.1) is 0 Å². The van der Waals surface area contributed by atoms with Crippen molar-refractivity contribution in [2.75, 3.05) is 11.9 Å². The molecule has 6 N–H and O–H groups in total. The first-order valence-corrected chi connectivity index (χ1v) is 8.99. The number of hydrogen-bond acceptors (Lipinski definition) is 5. The second-order valence-electron chi connectivity index (χ2n) is 6.87. The van der Waals surface area contributed by atoms with E-state index in [9.17, 15) is 9.90 Å². The highest BCUT2D eigenvalue weighted by atomic mass is 16.3. The van der Waals surface area contributed by atoms with Crippen LogP contribution >= 0.6 is 0 Å². The molecule has 0 saturated carbocycles. The van der Waals surface area contributed by atoms with Gasteiger partial charge in [0.25, 0.3) is 0 Å². The molecule has 7 heteroatoms. The number of amides is 2. The van der Waals surface area contributed by atoms with Crippen LogP contribution in [0.2, 0.25) is 0 Å². The van der Waals surface area contributed by atoms with Gasteiger partial charge in [0, 0.05) is 18.3 Å². The monoisotopic (exact) mass is 357 g/mol. The molecule has 26 heavy (non-hydrogen) atoms. The fourth-order valence-electron chi connectivity index (χ4n) is 3.13. The summed E-state index contributed by atoms with van der Waals surface area (Å²) in [4.78, 5) is 12.3. The first-order chi connectivity index (χ1) is 12.5. The lowest BCUT2D eigenvalue weighted by Crippen LogP contribution is -2.68. The molecule has 1 saturated heterocycles. The molecule has 0 bridgehead atoms. The van der Waals surface area contributed by atoms with Crippen molar-refractivity contribution in [3.63, 3.8) is 0 Å². The van der Waals surface area contributed by atoms with Gasteiger partial charge in [-0.1, -0.05) is 30.3 Å². The Balaban J connectivity index is 1.55. The van der Waals surface area contributed by atoms with Gasteiger partial charge in [0.05, 0.1) is 12.3 Å². The van der Waals surface area contributed by atoms with E-state index >= 15 is 0 Å². The Kier molecular flexibility index (Phi) is 6.05. The smallest absolute Gasteiger partial charge is 0.321 e. The standard InChI is InChI=1S/C19H27N5O2/c1-12-9-17(20-11-13(2)25)23-18(21-12)24-19(26)22-16-8-7-14-5-3-4-6-15(14)10-16/h3-8,10,12-13,17-18,20-21,23,25H,9,11H2,1-2H3,(H2,22,24,26). The summed E-state index contributed by atoms with van der Waals surface area (Å²) >= 11 is 0. The second kappa shape index (κ2) is 8.46. The topological polar surface area (TPSA) is 97.5 Å². The molecule has 0 spiro atoms. The average molecular weight is 357 g/mol. The number of hydrogen-bond donors (Lipinski definition) is 6. The molecule has 0 aromatic heterocycles. The van der Waals surface area contributed by atoms with E-state index < -0.39 is 6.10 Å². The number of urea groups is 1. The highest BCUT2D eigenvalue weighted by molar-refractivity contribution is 5.93. The number of carbonyl (C=O) groups excluding carboxylic acids is 1. The van der Waals surface area contributed by atoms with Gasteiger partial charge < -0.3 is 15.7 Å². The molecule has 4 unspecified atom stereocenters. The van der Waals surface area contributed by atoms with E-state index in [0.29, 0.717) is 6.54 Å². The van der Waals surface area contributed by atoms with Crippen molar-refractivity contribution in [2.45, 2.75) is 44.9 Å². The summed E-state index contributed by atoms with van der Waals surface area (Å²) in [5, 5.41) is 27.2. The third-order valence-electron chi connectivity index (χ3n) is 4.35. The molecular weight excluding hydrogens is 330 g/mol. The predicted molar refractivity (Wildman–Crippen MR) is 104 cm³/mol. The van der Waals surface area contributed by atoms with Crippen LogP contribution in [0.4, 0.5) is 10.5 Å². The maximum Gasteiger partial charge on any atom is 0.321 e. The number of fused-ring (bicyclic) bond motifs is 1. The molecule has 2 amide bonds. The maximum absolute atomic E-state index is 12.3. The minimum Gasteiger partial charge on any atom is -0.392 e. The molecule has 0 radical (unpaired) electrons. The number of rotatable bonds is 5. The third-order valence-corrected chi connectivity index (χ3v) is 4.35. The fraction of sp³-hybridized carbons (Fsp3) is 0.421. The van der Waals surface area contributed by atoms with Gasteiger partial charge in [0.2, 0.25) is 0 Å². The van der Waals surface area contributed by atoms with Gasteiger partial charge >= 0.3 is 6.03 Å². The quantitative estimate of drug-likeness (QED) is 0.488. The van der Waals surface area contributed by atoms with Gasteiger partial charge in [0.15, 0.2) is 0 Å². The normalized spacial score (nSPS) is 24.2. The molecule has 0 aliphatic carbocycles. The summed E-state index contributed by atoms with van der Waals surface area (Å²) in [6, 6.07) is 13.8. The third kappa shape index (κ3) is 5.15. The number of aliphatic hydroxyl groups excluding tert-OH is 1. The van der Waals surface area contributed by atoms with Crippen molar-refractivity contribution in [3.8, 4) is 0 Å². The van der Waals surface area contributed by atoms with Crippen molar-refractivity contribution < 1.29 is 9.90 Å². The van der Waals surface area contributed by atoms with Crippen LogP contribution in [0.1, 0.15) is 20.3 Å². The van der Waals surface area contributed by atoms with E-state index in [1.54, 1.807) is 6.92 Å². The largest absolute Gasteiger partial charge is 0.392 e. The Labute approximate surface area is 153 Å². The number of nitrogens with one attached hydrogen (secondary N) is 5. The van der Waals surface area contributed by atoms with Crippen LogP contribution in [0.25, 0.3) is 10.8 Å². The van der Waals surface area contributed by atoms with Crippen molar-refractivity contribution in [3.05, 3.63) is 42.5 Å². The van der Waals surface area contributed by atoms with Crippen molar-refractivity contribution in [2.24, 2.45) is 0 Å². The van der Waals surface area contributed by atoms with Crippen LogP contribution < -0.4 is 26.6 Å². The maximum atomic E-state index is 12.3. The Bertz CT molecular complexity index is 752.